The van der Waals surface area contributed by atoms with Crippen molar-refractivity contribution >= 4 is 11.6 Å². The van der Waals surface area contributed by atoms with E-state index in [1.54, 1.807) is 30.3 Å². The van der Waals surface area contributed by atoms with Gasteiger partial charge in [-0.05, 0) is 76.4 Å². The Morgan fingerprint density at radius 3 is 1.49 bits per heavy atom. The standard InChI is InChI=1S/C28H24O7/c29-20-5-1-16(2-6-20)9-26(18-10-22(31)14-23(32)11-18)27(19-12-24(33)15-25(34)13-19)28(35)17-3-7-21(30)8-4-17/h1-15,27-35H/b26-9+/t27-,28+/m1/s1. The van der Waals surface area contributed by atoms with Gasteiger partial charge in [0.15, 0.2) is 0 Å². The smallest absolute Gasteiger partial charge is 0.119 e. The summed E-state index contributed by atoms with van der Waals surface area (Å²) in [4.78, 5) is 0. The molecule has 2 atom stereocenters. The average molecular weight is 472 g/mol. The number of benzene rings is 4. The summed E-state index contributed by atoms with van der Waals surface area (Å²) >= 11 is 0. The normalized spacial score (nSPS) is 13.3. The third-order valence-corrected chi connectivity index (χ3v) is 5.62. The van der Waals surface area contributed by atoms with Crippen molar-refractivity contribution in [3.63, 3.8) is 0 Å². The Balaban J connectivity index is 1.99. The zero-order chi connectivity index (χ0) is 25.1. The molecule has 0 aliphatic rings. The molecule has 0 amide bonds. The third kappa shape index (κ3) is 5.48. The Morgan fingerprint density at radius 2 is 0.971 bits per heavy atom. The summed E-state index contributed by atoms with van der Waals surface area (Å²) < 4.78 is 0. The molecule has 7 heteroatoms. The van der Waals surface area contributed by atoms with E-state index >= 15 is 0 Å². The maximum atomic E-state index is 11.5. The summed E-state index contributed by atoms with van der Waals surface area (Å²) in [5, 5.41) is 71.7. The number of phenols is 6. The fourth-order valence-corrected chi connectivity index (χ4v) is 4.06. The van der Waals surface area contributed by atoms with Crippen molar-refractivity contribution in [3.8, 4) is 34.5 Å². The molecule has 0 aliphatic carbocycles. The summed E-state index contributed by atoms with van der Waals surface area (Å²) in [5.41, 5.74) is 2.26. The van der Waals surface area contributed by atoms with E-state index < -0.39 is 12.0 Å². The first kappa shape index (κ1) is 23.5. The van der Waals surface area contributed by atoms with Gasteiger partial charge >= 0.3 is 0 Å². The second kappa shape index (κ2) is 9.70. The van der Waals surface area contributed by atoms with Gasteiger partial charge in [0.05, 0.1) is 6.10 Å². The summed E-state index contributed by atoms with van der Waals surface area (Å²) in [6.07, 6.45) is 0.480. The molecule has 4 aromatic rings. The molecule has 0 heterocycles. The Labute approximate surface area is 201 Å². The lowest BCUT2D eigenvalue weighted by atomic mass is 9.79. The molecule has 0 unspecified atom stereocenters. The molecule has 178 valence electrons. The first-order chi connectivity index (χ1) is 16.7. The Kier molecular flexibility index (Phi) is 6.53. The average Bonchev–Trinajstić information content (AvgIpc) is 2.79. The van der Waals surface area contributed by atoms with Crippen molar-refractivity contribution in [1.29, 1.82) is 0 Å². The number of phenolic OH excluding ortho intramolecular Hbond substituents is 6. The number of hydrogen-bond donors (Lipinski definition) is 7. The van der Waals surface area contributed by atoms with Gasteiger partial charge in [0.1, 0.15) is 34.5 Å². The van der Waals surface area contributed by atoms with Gasteiger partial charge in [-0.2, -0.15) is 0 Å². The van der Waals surface area contributed by atoms with Crippen LogP contribution >= 0.6 is 0 Å². The molecule has 4 rings (SSSR count). The SMILES string of the molecule is Oc1ccc(/C=C(\c2cc(O)cc(O)c2)[C@@H](c2cc(O)cc(O)c2)[C@@H](O)c2ccc(O)cc2)cc1. The van der Waals surface area contributed by atoms with Crippen LogP contribution in [0.5, 0.6) is 34.5 Å². The van der Waals surface area contributed by atoms with Crippen molar-refractivity contribution in [3.05, 3.63) is 107 Å². The molecule has 0 saturated carbocycles. The van der Waals surface area contributed by atoms with Crippen LogP contribution in [0, 0.1) is 0 Å². The summed E-state index contributed by atoms with van der Waals surface area (Å²) in [5.74, 6) is -1.66. The van der Waals surface area contributed by atoms with Crippen molar-refractivity contribution in [2.75, 3.05) is 0 Å². The highest BCUT2D eigenvalue weighted by Crippen LogP contribution is 2.45. The Hall–Kier alpha value is -4.62. The van der Waals surface area contributed by atoms with Crippen molar-refractivity contribution in [2.45, 2.75) is 12.0 Å². The molecule has 0 fully saturated rings. The van der Waals surface area contributed by atoms with Crippen LogP contribution in [-0.4, -0.2) is 35.7 Å². The molecule has 35 heavy (non-hydrogen) atoms. The molecular weight excluding hydrogens is 448 g/mol. The first-order valence-corrected chi connectivity index (χ1v) is 10.7. The highest BCUT2D eigenvalue weighted by molar-refractivity contribution is 5.87. The molecule has 0 saturated heterocycles. The van der Waals surface area contributed by atoms with Gasteiger partial charge in [0, 0.05) is 18.1 Å². The van der Waals surface area contributed by atoms with Crippen LogP contribution in [0.15, 0.2) is 84.9 Å². The molecule has 7 N–H and O–H groups in total. The van der Waals surface area contributed by atoms with Crippen LogP contribution in [0.25, 0.3) is 11.6 Å². The fraction of sp³-hybridized carbons (Fsp3) is 0.0714. The number of aromatic hydroxyl groups is 6. The minimum absolute atomic E-state index is 0.0188. The highest BCUT2D eigenvalue weighted by atomic mass is 16.3. The largest absolute Gasteiger partial charge is 0.508 e. The minimum Gasteiger partial charge on any atom is -0.508 e. The van der Waals surface area contributed by atoms with Gasteiger partial charge in [-0.1, -0.05) is 30.3 Å². The van der Waals surface area contributed by atoms with Gasteiger partial charge in [-0.25, -0.2) is 0 Å². The second-order valence-corrected chi connectivity index (χ2v) is 8.23. The monoisotopic (exact) mass is 472 g/mol. The highest BCUT2D eigenvalue weighted by Gasteiger charge is 2.29. The molecule has 0 radical (unpaired) electrons. The first-order valence-electron chi connectivity index (χ1n) is 10.7. The van der Waals surface area contributed by atoms with Gasteiger partial charge in [0.2, 0.25) is 0 Å². The topological polar surface area (TPSA) is 142 Å². The lowest BCUT2D eigenvalue weighted by Crippen LogP contribution is -2.13. The number of hydrogen-bond acceptors (Lipinski definition) is 7. The van der Waals surface area contributed by atoms with E-state index in [-0.39, 0.29) is 34.5 Å². The predicted octanol–water partition coefficient (Wildman–Crippen LogP) is 4.98. The quantitative estimate of drug-likeness (QED) is 0.196. The van der Waals surface area contributed by atoms with Crippen LogP contribution in [0.2, 0.25) is 0 Å². The van der Waals surface area contributed by atoms with E-state index in [0.717, 1.165) is 6.07 Å². The summed E-state index contributed by atoms with van der Waals surface area (Å²) in [7, 11) is 0. The van der Waals surface area contributed by atoms with Gasteiger partial charge in [-0.3, -0.25) is 0 Å². The number of rotatable bonds is 6. The summed E-state index contributed by atoms with van der Waals surface area (Å²) in [6.45, 7) is 0. The van der Waals surface area contributed by atoms with Crippen molar-refractivity contribution in [2.24, 2.45) is 0 Å². The van der Waals surface area contributed by atoms with Crippen LogP contribution < -0.4 is 0 Å². The van der Waals surface area contributed by atoms with Crippen molar-refractivity contribution < 1.29 is 35.7 Å². The van der Waals surface area contributed by atoms with Crippen LogP contribution in [0.3, 0.4) is 0 Å². The van der Waals surface area contributed by atoms with E-state index in [9.17, 15) is 35.7 Å². The van der Waals surface area contributed by atoms with E-state index in [1.165, 1.54) is 54.6 Å². The van der Waals surface area contributed by atoms with Crippen LogP contribution in [0.1, 0.15) is 34.3 Å². The predicted molar refractivity (Wildman–Crippen MR) is 131 cm³/mol. The van der Waals surface area contributed by atoms with Gasteiger partial charge in [0.25, 0.3) is 0 Å². The molecule has 0 aromatic heterocycles. The molecule has 0 spiro atoms. The van der Waals surface area contributed by atoms with Crippen LogP contribution in [-0.2, 0) is 0 Å². The van der Waals surface area contributed by atoms with E-state index in [4.69, 9.17) is 0 Å². The zero-order valence-corrected chi connectivity index (χ0v) is 18.4. The fourth-order valence-electron chi connectivity index (χ4n) is 4.06. The molecule has 4 aromatic carbocycles. The molecule has 7 nitrogen and oxygen atoms in total. The molecule has 0 aliphatic heterocycles. The molecular formula is C28H24O7. The second-order valence-electron chi connectivity index (χ2n) is 8.23. The molecule has 0 bridgehead atoms. The summed E-state index contributed by atoms with van der Waals surface area (Å²) in [6, 6.07) is 20.2. The Bertz CT molecular complexity index is 1320. The number of aliphatic hydroxyl groups is 1. The lowest BCUT2D eigenvalue weighted by molar-refractivity contribution is 0.165. The van der Waals surface area contributed by atoms with Gasteiger partial charge < -0.3 is 35.7 Å². The van der Waals surface area contributed by atoms with Crippen molar-refractivity contribution in [1.82, 2.24) is 0 Å². The van der Waals surface area contributed by atoms with E-state index in [0.29, 0.717) is 27.8 Å². The van der Waals surface area contributed by atoms with Crippen LogP contribution in [0.4, 0.5) is 0 Å². The Morgan fingerprint density at radius 1 is 0.514 bits per heavy atom. The third-order valence-electron chi connectivity index (χ3n) is 5.62. The lowest BCUT2D eigenvalue weighted by Gasteiger charge is -2.28. The van der Waals surface area contributed by atoms with E-state index in [1.807, 2.05) is 0 Å². The maximum Gasteiger partial charge on any atom is 0.119 e. The zero-order valence-electron chi connectivity index (χ0n) is 18.4. The maximum absolute atomic E-state index is 11.5. The minimum atomic E-state index is -1.23. The van der Waals surface area contributed by atoms with E-state index in [2.05, 4.69) is 0 Å². The number of aliphatic hydroxyl groups excluding tert-OH is 1. The van der Waals surface area contributed by atoms with Gasteiger partial charge in [-0.15, -0.1) is 0 Å².